The van der Waals surface area contributed by atoms with Gasteiger partial charge in [0, 0.05) is 17.1 Å². The Hall–Kier alpha value is -2.59. The zero-order valence-electron chi connectivity index (χ0n) is 20.2. The van der Waals surface area contributed by atoms with Crippen LogP contribution in [-0.2, 0) is 26.2 Å². The largest absolute Gasteiger partial charge is 0.497 e. The van der Waals surface area contributed by atoms with Gasteiger partial charge in [0.2, 0.25) is 21.8 Å². The van der Waals surface area contributed by atoms with Crippen molar-refractivity contribution in [2.75, 3.05) is 24.2 Å². The van der Waals surface area contributed by atoms with Crippen LogP contribution in [0.4, 0.5) is 5.69 Å². The summed E-state index contributed by atoms with van der Waals surface area (Å²) in [6.45, 7) is 1.40. The Morgan fingerprint density at radius 2 is 1.80 bits per heavy atom. The van der Waals surface area contributed by atoms with Crippen molar-refractivity contribution in [1.29, 1.82) is 0 Å². The summed E-state index contributed by atoms with van der Waals surface area (Å²) < 4.78 is 32.2. The van der Waals surface area contributed by atoms with E-state index in [0.29, 0.717) is 15.9 Å². The first-order valence-electron chi connectivity index (χ1n) is 11.5. The van der Waals surface area contributed by atoms with E-state index in [4.69, 9.17) is 4.74 Å². The van der Waals surface area contributed by atoms with Crippen LogP contribution < -0.4 is 14.4 Å². The summed E-state index contributed by atoms with van der Waals surface area (Å²) in [4.78, 5) is 28.1. The smallest absolute Gasteiger partial charge is 0.244 e. The lowest BCUT2D eigenvalue weighted by Gasteiger charge is -2.32. The van der Waals surface area contributed by atoms with Crippen LogP contribution >= 0.6 is 15.9 Å². The number of rotatable bonds is 10. The third-order valence-corrected chi connectivity index (χ3v) is 7.79. The second-order valence-electron chi connectivity index (χ2n) is 8.79. The molecule has 10 heteroatoms. The van der Waals surface area contributed by atoms with Crippen molar-refractivity contribution in [2.24, 2.45) is 0 Å². The molecule has 1 aliphatic rings. The number of carbonyl (C=O) groups excluding carboxylic acids is 2. The topological polar surface area (TPSA) is 96.0 Å². The lowest BCUT2D eigenvalue weighted by Crippen LogP contribution is -2.52. The molecule has 2 amide bonds. The predicted octanol–water partition coefficient (Wildman–Crippen LogP) is 3.70. The molecule has 1 aliphatic carbocycles. The zero-order valence-corrected chi connectivity index (χ0v) is 22.6. The van der Waals surface area contributed by atoms with Crippen LogP contribution in [0.15, 0.2) is 53.0 Å². The molecule has 0 radical (unpaired) electrons. The number of amides is 2. The van der Waals surface area contributed by atoms with Gasteiger partial charge < -0.3 is 15.0 Å². The van der Waals surface area contributed by atoms with Gasteiger partial charge in [0.05, 0.1) is 19.1 Å². The maximum atomic E-state index is 13.6. The average Bonchev–Trinajstić information content (AvgIpc) is 3.33. The van der Waals surface area contributed by atoms with Crippen molar-refractivity contribution in [3.8, 4) is 5.75 Å². The highest BCUT2D eigenvalue weighted by molar-refractivity contribution is 9.10. The molecule has 2 aromatic rings. The highest BCUT2D eigenvalue weighted by Crippen LogP contribution is 2.23. The maximum absolute atomic E-state index is 13.6. The zero-order chi connectivity index (χ0) is 25.6. The summed E-state index contributed by atoms with van der Waals surface area (Å²) in [5.41, 5.74) is 1.16. The molecule has 1 fully saturated rings. The van der Waals surface area contributed by atoms with Crippen molar-refractivity contribution >= 4 is 43.5 Å². The van der Waals surface area contributed by atoms with Crippen LogP contribution in [0.3, 0.4) is 0 Å². The molecule has 3 rings (SSSR count). The molecule has 0 heterocycles. The van der Waals surface area contributed by atoms with Gasteiger partial charge in [-0.2, -0.15) is 0 Å². The fourth-order valence-electron chi connectivity index (χ4n) is 4.15. The van der Waals surface area contributed by atoms with Gasteiger partial charge in [-0.05, 0) is 55.7 Å². The number of hydrogen-bond acceptors (Lipinski definition) is 5. The fourth-order valence-corrected chi connectivity index (χ4v) is 5.38. The second kappa shape index (κ2) is 11.9. The van der Waals surface area contributed by atoms with Crippen molar-refractivity contribution in [3.05, 3.63) is 58.6 Å². The third-order valence-electron chi connectivity index (χ3n) is 6.16. The minimum Gasteiger partial charge on any atom is -0.497 e. The SMILES string of the molecule is COc1ccc(CN(C(=O)CN(c2cccc(Br)c2)S(C)(=O)=O)[C@H](C)C(=O)NC2CCCC2)cc1. The number of methoxy groups -OCH3 is 1. The van der Waals surface area contributed by atoms with E-state index in [1.54, 1.807) is 50.4 Å². The molecule has 0 spiro atoms. The molecule has 0 aliphatic heterocycles. The van der Waals surface area contributed by atoms with E-state index in [9.17, 15) is 18.0 Å². The molecule has 0 unspecified atom stereocenters. The van der Waals surface area contributed by atoms with E-state index in [2.05, 4.69) is 21.2 Å². The first kappa shape index (κ1) is 27.0. The lowest BCUT2D eigenvalue weighted by molar-refractivity contribution is -0.139. The number of ether oxygens (including phenoxy) is 1. The second-order valence-corrected chi connectivity index (χ2v) is 11.6. The van der Waals surface area contributed by atoms with Gasteiger partial charge >= 0.3 is 0 Å². The monoisotopic (exact) mass is 565 g/mol. The van der Waals surface area contributed by atoms with Crippen LogP contribution in [0.25, 0.3) is 0 Å². The summed E-state index contributed by atoms with van der Waals surface area (Å²) >= 11 is 3.35. The molecule has 0 bridgehead atoms. The predicted molar refractivity (Wildman–Crippen MR) is 140 cm³/mol. The molecular formula is C25H32BrN3O5S. The summed E-state index contributed by atoms with van der Waals surface area (Å²) in [7, 11) is -2.19. The Morgan fingerprint density at radius 3 is 2.37 bits per heavy atom. The molecule has 1 atom stereocenters. The molecule has 8 nitrogen and oxygen atoms in total. The van der Waals surface area contributed by atoms with Gasteiger partial charge in [-0.15, -0.1) is 0 Å². The number of carbonyl (C=O) groups is 2. The Labute approximate surface area is 215 Å². The van der Waals surface area contributed by atoms with Crippen LogP contribution in [-0.4, -0.2) is 57.1 Å². The first-order valence-corrected chi connectivity index (χ1v) is 14.2. The number of nitrogens with zero attached hydrogens (tertiary/aromatic N) is 2. The van der Waals surface area contributed by atoms with E-state index in [1.807, 2.05) is 12.1 Å². The molecular weight excluding hydrogens is 534 g/mol. The summed E-state index contributed by atoms with van der Waals surface area (Å²) in [6.07, 6.45) is 5.06. The highest BCUT2D eigenvalue weighted by atomic mass is 79.9. The van der Waals surface area contributed by atoms with E-state index < -0.39 is 28.5 Å². The highest BCUT2D eigenvalue weighted by Gasteiger charge is 2.31. The number of anilines is 1. The van der Waals surface area contributed by atoms with Crippen molar-refractivity contribution in [1.82, 2.24) is 10.2 Å². The van der Waals surface area contributed by atoms with E-state index in [-0.39, 0.29) is 18.5 Å². The average molecular weight is 567 g/mol. The normalized spacial score (nSPS) is 14.9. The molecule has 190 valence electrons. The molecule has 1 saturated carbocycles. The van der Waals surface area contributed by atoms with Crippen LogP contribution in [0.1, 0.15) is 38.2 Å². The van der Waals surface area contributed by atoms with E-state index >= 15 is 0 Å². The molecule has 2 aromatic carbocycles. The van der Waals surface area contributed by atoms with Crippen LogP contribution in [0.5, 0.6) is 5.75 Å². The van der Waals surface area contributed by atoms with Gasteiger partial charge in [-0.1, -0.05) is 47.0 Å². The Morgan fingerprint density at radius 1 is 1.14 bits per heavy atom. The minimum atomic E-state index is -3.76. The van der Waals surface area contributed by atoms with Gasteiger partial charge in [-0.3, -0.25) is 13.9 Å². The molecule has 35 heavy (non-hydrogen) atoms. The minimum absolute atomic E-state index is 0.108. The maximum Gasteiger partial charge on any atom is 0.244 e. The van der Waals surface area contributed by atoms with E-state index in [0.717, 1.165) is 41.8 Å². The molecule has 1 N–H and O–H groups in total. The van der Waals surface area contributed by atoms with Gasteiger partial charge in [0.25, 0.3) is 0 Å². The van der Waals surface area contributed by atoms with Crippen molar-refractivity contribution < 1.29 is 22.7 Å². The number of hydrogen-bond donors (Lipinski definition) is 1. The number of halogens is 1. The molecule has 0 saturated heterocycles. The van der Waals surface area contributed by atoms with Crippen LogP contribution in [0.2, 0.25) is 0 Å². The number of nitrogens with one attached hydrogen (secondary N) is 1. The van der Waals surface area contributed by atoms with E-state index in [1.165, 1.54) is 4.90 Å². The number of benzene rings is 2. The number of sulfonamides is 1. The Kier molecular flexibility index (Phi) is 9.18. The van der Waals surface area contributed by atoms with Crippen molar-refractivity contribution in [2.45, 2.75) is 51.2 Å². The Bertz CT molecular complexity index is 1130. The lowest BCUT2D eigenvalue weighted by atomic mass is 10.1. The van der Waals surface area contributed by atoms with Crippen molar-refractivity contribution in [3.63, 3.8) is 0 Å². The van der Waals surface area contributed by atoms with Crippen LogP contribution in [0, 0.1) is 0 Å². The van der Waals surface area contributed by atoms with Gasteiger partial charge in [0.1, 0.15) is 18.3 Å². The standard InChI is InChI=1S/C25H32BrN3O5S/c1-18(25(31)27-21-8-4-5-9-21)28(16-19-11-13-23(34-2)14-12-19)24(30)17-29(35(3,32)33)22-10-6-7-20(26)15-22/h6-7,10-15,18,21H,4-5,8-9,16-17H2,1-3H3,(H,27,31)/t18-/m1/s1. The molecule has 0 aromatic heterocycles. The summed E-state index contributed by atoms with van der Waals surface area (Å²) in [5.74, 6) is -0.0380. The van der Waals surface area contributed by atoms with Gasteiger partial charge in [-0.25, -0.2) is 8.42 Å². The summed E-state index contributed by atoms with van der Waals surface area (Å²) in [6, 6.07) is 13.3. The Balaban J connectivity index is 1.87. The fraction of sp³-hybridized carbons (Fsp3) is 0.440. The quantitative estimate of drug-likeness (QED) is 0.473. The third kappa shape index (κ3) is 7.44. The first-order chi connectivity index (χ1) is 16.6. The summed E-state index contributed by atoms with van der Waals surface area (Å²) in [5, 5.41) is 3.05. The van der Waals surface area contributed by atoms with Gasteiger partial charge in [0.15, 0.2) is 0 Å².